The van der Waals surface area contributed by atoms with Crippen LogP contribution in [0.5, 0.6) is 0 Å². The Morgan fingerprint density at radius 1 is 0.878 bits per heavy atom. The number of halogens is 1. The van der Waals surface area contributed by atoms with Crippen LogP contribution >= 0.6 is 0 Å². The standard InChI is InChI=1S/C36H42FN9O3/c37-31-20-27(11-14-30(31)35(48)40-29-15-17-39-18-16-29)24-5-1-22(2-6-24)19-32(42-34(47)26-7-3-23(21-38)4-8-26)36(49)41-28-12-9-25(10-13-28)33-43-45-46-44-33/h1-2,5-6,9-14,20,23,26,29,32,39H,3-4,7-8,15-19,21,38H2,(H,40,48)(H,41,49)(H,42,47)(H,43,44,45,46). The summed E-state index contributed by atoms with van der Waals surface area (Å²) in [5, 5.41) is 26.1. The molecule has 1 aliphatic heterocycles. The van der Waals surface area contributed by atoms with Crippen LogP contribution < -0.4 is 27.0 Å². The molecule has 1 aromatic heterocycles. The Morgan fingerprint density at radius 2 is 1.57 bits per heavy atom. The van der Waals surface area contributed by atoms with Gasteiger partial charge in [-0.3, -0.25) is 14.4 Å². The fraction of sp³-hybridized carbons (Fsp3) is 0.389. The van der Waals surface area contributed by atoms with Crippen LogP contribution in [0.3, 0.4) is 0 Å². The molecular weight excluding hydrogens is 625 g/mol. The number of anilines is 1. The van der Waals surface area contributed by atoms with Gasteiger partial charge in [-0.15, -0.1) is 10.2 Å². The molecule has 12 nitrogen and oxygen atoms in total. The minimum Gasteiger partial charge on any atom is -0.349 e. The highest BCUT2D eigenvalue weighted by Gasteiger charge is 2.29. The van der Waals surface area contributed by atoms with Gasteiger partial charge in [0.2, 0.25) is 17.6 Å². The molecule has 1 saturated carbocycles. The van der Waals surface area contributed by atoms with Crippen molar-refractivity contribution >= 4 is 23.4 Å². The SMILES string of the molecule is NCC1CCC(C(=O)NC(Cc2ccc(-c3ccc(C(=O)NC4CCNCC4)c(F)c3)cc2)C(=O)Nc2ccc(-c3nn[nH]n3)cc2)CC1. The summed E-state index contributed by atoms with van der Waals surface area (Å²) in [6, 6.07) is 18.3. The topological polar surface area (TPSA) is 180 Å². The highest BCUT2D eigenvalue weighted by Crippen LogP contribution is 2.29. The zero-order valence-corrected chi connectivity index (χ0v) is 27.3. The Morgan fingerprint density at radius 3 is 2.22 bits per heavy atom. The zero-order valence-electron chi connectivity index (χ0n) is 27.3. The van der Waals surface area contributed by atoms with Crippen molar-refractivity contribution in [3.05, 3.63) is 83.7 Å². The molecule has 1 atom stereocenters. The first kappa shape index (κ1) is 33.9. The van der Waals surface area contributed by atoms with Crippen molar-refractivity contribution in [1.29, 1.82) is 0 Å². The van der Waals surface area contributed by atoms with Crippen LogP contribution in [0.25, 0.3) is 22.5 Å². The van der Waals surface area contributed by atoms with Gasteiger partial charge in [0.25, 0.3) is 5.91 Å². The lowest BCUT2D eigenvalue weighted by atomic mass is 9.81. The second kappa shape index (κ2) is 15.9. The molecule has 6 rings (SSSR count). The van der Waals surface area contributed by atoms with E-state index >= 15 is 4.39 Å². The van der Waals surface area contributed by atoms with Crippen molar-refractivity contribution in [1.82, 2.24) is 36.6 Å². The van der Waals surface area contributed by atoms with Crippen LogP contribution in [0.2, 0.25) is 0 Å². The summed E-state index contributed by atoms with van der Waals surface area (Å²) < 4.78 is 15.1. The summed E-state index contributed by atoms with van der Waals surface area (Å²) in [6.45, 7) is 2.27. The molecule has 7 N–H and O–H groups in total. The lowest BCUT2D eigenvalue weighted by Crippen LogP contribution is -2.48. The summed E-state index contributed by atoms with van der Waals surface area (Å²) >= 11 is 0. The number of carbonyl (C=O) groups excluding carboxylic acids is 3. The number of aromatic nitrogens is 4. The second-order valence-electron chi connectivity index (χ2n) is 12.9. The third-order valence-electron chi connectivity index (χ3n) is 9.56. The first-order valence-electron chi connectivity index (χ1n) is 16.9. The first-order valence-corrected chi connectivity index (χ1v) is 16.9. The van der Waals surface area contributed by atoms with Crippen LogP contribution in [0.4, 0.5) is 10.1 Å². The molecule has 2 aliphatic rings. The van der Waals surface area contributed by atoms with Gasteiger partial charge in [-0.05, 0) is 122 Å². The number of amides is 3. The first-order chi connectivity index (χ1) is 23.9. The predicted molar refractivity (Wildman–Crippen MR) is 184 cm³/mol. The number of carbonyl (C=O) groups is 3. The van der Waals surface area contributed by atoms with Crippen LogP contribution in [0.15, 0.2) is 66.7 Å². The number of piperidine rings is 1. The molecule has 13 heteroatoms. The maximum absolute atomic E-state index is 15.1. The molecule has 49 heavy (non-hydrogen) atoms. The molecule has 0 bridgehead atoms. The molecule has 1 unspecified atom stereocenters. The Hall–Kier alpha value is -5.01. The third kappa shape index (κ3) is 8.72. The number of nitrogens with zero attached hydrogens (tertiary/aromatic N) is 3. The molecule has 0 spiro atoms. The van der Waals surface area contributed by atoms with Crippen molar-refractivity contribution in [2.45, 2.75) is 57.0 Å². The van der Waals surface area contributed by atoms with Crippen LogP contribution in [0, 0.1) is 17.7 Å². The molecular formula is C36H42FN9O3. The van der Waals surface area contributed by atoms with E-state index in [1.807, 2.05) is 24.3 Å². The number of hydrogen-bond donors (Lipinski definition) is 6. The number of aromatic amines is 1. The summed E-state index contributed by atoms with van der Waals surface area (Å²) in [5.41, 5.74) is 9.37. The average molecular weight is 668 g/mol. The van der Waals surface area contributed by atoms with Gasteiger partial charge < -0.3 is 27.0 Å². The van der Waals surface area contributed by atoms with Crippen LogP contribution in [0.1, 0.15) is 54.4 Å². The molecule has 1 saturated heterocycles. The molecule has 4 aromatic rings. The van der Waals surface area contributed by atoms with Gasteiger partial charge in [0, 0.05) is 29.6 Å². The van der Waals surface area contributed by atoms with Crippen molar-refractivity contribution in [3.63, 3.8) is 0 Å². The fourth-order valence-corrected chi connectivity index (χ4v) is 6.55. The van der Waals surface area contributed by atoms with Crippen LogP contribution in [-0.4, -0.2) is 70.1 Å². The van der Waals surface area contributed by atoms with Gasteiger partial charge in [0.05, 0.1) is 5.56 Å². The van der Waals surface area contributed by atoms with Crippen molar-refractivity contribution in [3.8, 4) is 22.5 Å². The average Bonchev–Trinajstić information content (AvgIpc) is 3.68. The van der Waals surface area contributed by atoms with Crippen LogP contribution in [-0.2, 0) is 16.0 Å². The summed E-state index contributed by atoms with van der Waals surface area (Å²) in [5.74, 6) is -0.785. The molecule has 3 amide bonds. The normalized spacial score (nSPS) is 18.7. The maximum Gasteiger partial charge on any atom is 0.254 e. The van der Waals surface area contributed by atoms with E-state index < -0.39 is 17.8 Å². The molecule has 1 aliphatic carbocycles. The number of nitrogens with two attached hydrogens (primary N) is 1. The Bertz CT molecular complexity index is 1720. The highest BCUT2D eigenvalue weighted by atomic mass is 19.1. The van der Waals surface area contributed by atoms with Gasteiger partial charge in [-0.25, -0.2) is 4.39 Å². The van der Waals surface area contributed by atoms with Gasteiger partial charge in [-0.1, -0.05) is 30.3 Å². The van der Waals surface area contributed by atoms with Gasteiger partial charge in [0.15, 0.2) is 0 Å². The third-order valence-corrected chi connectivity index (χ3v) is 9.56. The number of H-pyrrole nitrogens is 1. The number of tetrazole rings is 1. The number of benzene rings is 3. The predicted octanol–water partition coefficient (Wildman–Crippen LogP) is 3.59. The van der Waals surface area contributed by atoms with Gasteiger partial charge in [0.1, 0.15) is 11.9 Å². The largest absolute Gasteiger partial charge is 0.349 e. The fourth-order valence-electron chi connectivity index (χ4n) is 6.55. The minimum absolute atomic E-state index is 0.0180. The zero-order chi connectivity index (χ0) is 34.2. The van der Waals surface area contributed by atoms with Gasteiger partial charge in [-0.2, -0.15) is 5.21 Å². The Labute approximate surface area is 284 Å². The lowest BCUT2D eigenvalue weighted by Gasteiger charge is -2.28. The molecule has 256 valence electrons. The number of hydrogen-bond acceptors (Lipinski definition) is 8. The molecule has 3 aromatic carbocycles. The molecule has 2 fully saturated rings. The lowest BCUT2D eigenvalue weighted by molar-refractivity contribution is -0.130. The van der Waals surface area contributed by atoms with E-state index in [9.17, 15) is 14.4 Å². The van der Waals surface area contributed by atoms with E-state index in [2.05, 4.69) is 41.9 Å². The van der Waals surface area contributed by atoms with Crippen molar-refractivity contribution in [2.24, 2.45) is 17.6 Å². The second-order valence-corrected chi connectivity index (χ2v) is 12.9. The highest BCUT2D eigenvalue weighted by molar-refractivity contribution is 5.98. The summed E-state index contributed by atoms with van der Waals surface area (Å²) in [4.78, 5) is 39.7. The van der Waals surface area contributed by atoms with E-state index in [1.165, 1.54) is 12.1 Å². The summed E-state index contributed by atoms with van der Waals surface area (Å²) in [7, 11) is 0. The van der Waals surface area contributed by atoms with E-state index in [1.54, 1.807) is 30.3 Å². The Balaban J connectivity index is 1.13. The monoisotopic (exact) mass is 667 g/mol. The number of nitrogens with one attached hydrogen (secondary N) is 5. The maximum atomic E-state index is 15.1. The van der Waals surface area contributed by atoms with Crippen molar-refractivity contribution in [2.75, 3.05) is 25.0 Å². The smallest absolute Gasteiger partial charge is 0.254 e. The summed E-state index contributed by atoms with van der Waals surface area (Å²) in [6.07, 6.45) is 5.15. The van der Waals surface area contributed by atoms with E-state index in [0.717, 1.165) is 68.3 Å². The number of rotatable bonds is 11. The van der Waals surface area contributed by atoms with E-state index in [0.29, 0.717) is 29.5 Å². The van der Waals surface area contributed by atoms with Gasteiger partial charge >= 0.3 is 0 Å². The van der Waals surface area contributed by atoms with Crippen molar-refractivity contribution < 1.29 is 18.8 Å². The molecule has 0 radical (unpaired) electrons. The Kier molecular flexibility index (Phi) is 11.0. The quantitative estimate of drug-likeness (QED) is 0.140. The molecule has 2 heterocycles. The minimum atomic E-state index is -0.836. The van der Waals surface area contributed by atoms with E-state index in [4.69, 9.17) is 5.73 Å². The van der Waals surface area contributed by atoms with E-state index in [-0.39, 0.29) is 35.8 Å².